The molecular formula is C21H15F3N4O2. The van der Waals surface area contributed by atoms with E-state index >= 15 is 0 Å². The molecule has 0 amide bonds. The van der Waals surface area contributed by atoms with Crippen LogP contribution in [0, 0.1) is 0 Å². The van der Waals surface area contributed by atoms with E-state index in [2.05, 4.69) is 20.3 Å². The second-order valence-electron chi connectivity index (χ2n) is 7.05. The summed E-state index contributed by atoms with van der Waals surface area (Å²) in [5.41, 5.74) is 4.60. The Balaban J connectivity index is 1.75. The van der Waals surface area contributed by atoms with Gasteiger partial charge in [-0.15, -0.1) is 18.3 Å². The average molecular weight is 412 g/mol. The van der Waals surface area contributed by atoms with Crippen LogP contribution in [0.25, 0.3) is 22.2 Å². The highest BCUT2D eigenvalue weighted by Crippen LogP contribution is 2.45. The van der Waals surface area contributed by atoms with Crippen molar-refractivity contribution in [2.45, 2.75) is 12.4 Å². The van der Waals surface area contributed by atoms with E-state index in [9.17, 15) is 18.3 Å². The Hall–Kier alpha value is -3.75. The van der Waals surface area contributed by atoms with Crippen LogP contribution in [-0.4, -0.2) is 26.2 Å². The molecule has 0 spiro atoms. The number of aromatic hydroxyl groups is 1. The molecule has 4 aromatic rings. The van der Waals surface area contributed by atoms with Gasteiger partial charge in [0.15, 0.2) is 17.1 Å². The topological polar surface area (TPSA) is 72.2 Å². The van der Waals surface area contributed by atoms with Crippen LogP contribution in [0.5, 0.6) is 11.5 Å². The zero-order valence-electron chi connectivity index (χ0n) is 15.6. The van der Waals surface area contributed by atoms with Gasteiger partial charge in [0.25, 0.3) is 0 Å². The van der Waals surface area contributed by atoms with Gasteiger partial charge in [-0.05, 0) is 23.8 Å². The maximum Gasteiger partial charge on any atom is 0.573 e. The van der Waals surface area contributed by atoms with Gasteiger partial charge >= 0.3 is 6.36 Å². The van der Waals surface area contributed by atoms with E-state index in [1.54, 1.807) is 12.3 Å². The van der Waals surface area contributed by atoms with Gasteiger partial charge in [-0.1, -0.05) is 24.3 Å². The summed E-state index contributed by atoms with van der Waals surface area (Å²) in [6, 6.07) is 11.1. The third-order valence-electron chi connectivity index (χ3n) is 5.16. The van der Waals surface area contributed by atoms with Crippen LogP contribution >= 0.6 is 0 Å². The zero-order chi connectivity index (χ0) is 21.0. The van der Waals surface area contributed by atoms with Gasteiger partial charge in [0.2, 0.25) is 0 Å². The highest BCUT2D eigenvalue weighted by Gasteiger charge is 2.33. The molecule has 1 atom stereocenters. The van der Waals surface area contributed by atoms with Gasteiger partial charge in [-0.2, -0.15) is 5.10 Å². The first-order valence-corrected chi connectivity index (χ1v) is 9.07. The second-order valence-corrected chi connectivity index (χ2v) is 7.05. The number of phenols is 1. The first-order valence-electron chi connectivity index (χ1n) is 9.07. The molecule has 6 nitrogen and oxygen atoms in total. The molecule has 0 fully saturated rings. The zero-order valence-corrected chi connectivity index (χ0v) is 15.6. The number of nitrogens with one attached hydrogen (secondary N) is 1. The van der Waals surface area contributed by atoms with E-state index < -0.39 is 23.9 Å². The summed E-state index contributed by atoms with van der Waals surface area (Å²) in [4.78, 5) is 0. The van der Waals surface area contributed by atoms with Crippen LogP contribution in [0.3, 0.4) is 0 Å². The van der Waals surface area contributed by atoms with E-state index in [1.165, 1.54) is 12.1 Å². The number of hydrogen-bond acceptors (Lipinski definition) is 5. The van der Waals surface area contributed by atoms with Gasteiger partial charge in [-0.25, -0.2) is 0 Å². The number of ether oxygens (including phenoxy) is 1. The maximum atomic E-state index is 12.8. The number of phenolic OH excluding ortho intramolecular Hbond substituents is 1. The smallest absolute Gasteiger partial charge is 0.504 e. The summed E-state index contributed by atoms with van der Waals surface area (Å²) in [5, 5.41) is 22.5. The normalized spacial score (nSPS) is 15.4. The number of hydrogen-bond donors (Lipinski definition) is 2. The van der Waals surface area contributed by atoms with Crippen LogP contribution in [0.4, 0.5) is 18.9 Å². The molecule has 2 aromatic heterocycles. The molecule has 5 rings (SSSR count). The quantitative estimate of drug-likeness (QED) is 0.497. The molecule has 0 radical (unpaired) electrons. The Morgan fingerprint density at radius 1 is 1.13 bits per heavy atom. The lowest BCUT2D eigenvalue weighted by molar-refractivity contribution is -0.275. The van der Waals surface area contributed by atoms with Crippen molar-refractivity contribution >= 4 is 16.7 Å². The van der Waals surface area contributed by atoms with Crippen LogP contribution in [0.1, 0.15) is 17.2 Å². The number of anilines is 1. The molecule has 2 aromatic carbocycles. The first kappa shape index (κ1) is 18.3. The summed E-state index contributed by atoms with van der Waals surface area (Å²) in [5.74, 6) is -1.24. The maximum absolute atomic E-state index is 12.8. The Morgan fingerprint density at radius 3 is 2.73 bits per heavy atom. The van der Waals surface area contributed by atoms with Gasteiger partial charge in [0.1, 0.15) is 0 Å². The minimum absolute atomic E-state index is 0.499. The highest BCUT2D eigenvalue weighted by molar-refractivity contribution is 6.00. The molecule has 0 aliphatic carbocycles. The number of para-hydroxylation sites is 1. The highest BCUT2D eigenvalue weighted by atomic mass is 19.4. The third-order valence-corrected chi connectivity index (χ3v) is 5.16. The van der Waals surface area contributed by atoms with Crippen LogP contribution in [0.15, 0.2) is 54.9 Å². The monoisotopic (exact) mass is 412 g/mol. The molecule has 1 unspecified atom stereocenters. The number of halogens is 3. The second kappa shape index (κ2) is 6.38. The molecule has 3 heterocycles. The van der Waals surface area contributed by atoms with E-state index in [-0.39, 0.29) is 0 Å². The lowest BCUT2D eigenvalue weighted by atomic mass is 9.97. The molecule has 0 saturated heterocycles. The summed E-state index contributed by atoms with van der Waals surface area (Å²) in [6.45, 7) is 0. The fourth-order valence-electron chi connectivity index (χ4n) is 3.92. The average Bonchev–Trinajstić information content (AvgIpc) is 2.96. The largest absolute Gasteiger partial charge is 0.573 e. The Kier molecular flexibility index (Phi) is 3.89. The van der Waals surface area contributed by atoms with Crippen LogP contribution in [-0.2, 0) is 7.05 Å². The van der Waals surface area contributed by atoms with E-state index in [1.807, 2.05) is 42.1 Å². The number of fused-ring (bicyclic) bond motifs is 2. The minimum atomic E-state index is -4.91. The predicted octanol–water partition coefficient (Wildman–Crippen LogP) is 4.75. The molecule has 1 aliphatic heterocycles. The standard InChI is InChI=1S/C21H15F3N4O2/c1-28-10-14-18-13(9-25-27-20(18)28)12-4-2-3-5-15(12)26-19(14)11-6-7-16(29)17(8-11)30-21(22,23)24/h2-10,19,26,29H,1H3. The Labute approximate surface area is 168 Å². The van der Waals surface area contributed by atoms with Gasteiger partial charge in [0.05, 0.1) is 12.2 Å². The summed E-state index contributed by atoms with van der Waals surface area (Å²) >= 11 is 0. The molecule has 2 N–H and O–H groups in total. The van der Waals surface area contributed by atoms with Crippen molar-refractivity contribution < 1.29 is 23.0 Å². The van der Waals surface area contributed by atoms with Crippen LogP contribution in [0.2, 0.25) is 0 Å². The van der Waals surface area contributed by atoms with Gasteiger partial charge in [-0.3, -0.25) is 0 Å². The number of aryl methyl sites for hydroxylation is 1. The summed E-state index contributed by atoms with van der Waals surface area (Å²) in [6.07, 6.45) is -1.35. The van der Waals surface area contributed by atoms with E-state index in [0.29, 0.717) is 11.2 Å². The molecule has 9 heteroatoms. The molecule has 30 heavy (non-hydrogen) atoms. The minimum Gasteiger partial charge on any atom is -0.504 e. The van der Waals surface area contributed by atoms with Crippen molar-refractivity contribution in [3.63, 3.8) is 0 Å². The summed E-state index contributed by atoms with van der Waals surface area (Å²) < 4.78 is 44.2. The van der Waals surface area contributed by atoms with Crippen molar-refractivity contribution in [3.05, 3.63) is 66.0 Å². The number of benzene rings is 2. The molecule has 0 bridgehead atoms. The number of alkyl halides is 3. The lowest BCUT2D eigenvalue weighted by Gasteiger charge is -2.21. The lowest BCUT2D eigenvalue weighted by Crippen LogP contribution is -2.18. The third kappa shape index (κ3) is 2.90. The van der Waals surface area contributed by atoms with Gasteiger partial charge in [0, 0.05) is 41.0 Å². The van der Waals surface area contributed by atoms with Crippen molar-refractivity contribution in [2.75, 3.05) is 5.32 Å². The SMILES string of the molecule is Cn1cc2c3c(cnnc31)-c1ccccc1NC2c1ccc(O)c(OC(F)(F)F)c1. The fourth-order valence-corrected chi connectivity index (χ4v) is 3.92. The molecule has 0 saturated carbocycles. The van der Waals surface area contributed by atoms with Crippen LogP contribution < -0.4 is 10.1 Å². The number of aromatic nitrogens is 3. The summed E-state index contributed by atoms with van der Waals surface area (Å²) in [7, 11) is 1.84. The van der Waals surface area contributed by atoms with Crippen molar-refractivity contribution in [3.8, 4) is 22.6 Å². The van der Waals surface area contributed by atoms with Gasteiger partial charge < -0.3 is 19.7 Å². The molecule has 152 valence electrons. The van der Waals surface area contributed by atoms with Crippen molar-refractivity contribution in [2.24, 2.45) is 7.05 Å². The fraction of sp³-hybridized carbons (Fsp3) is 0.143. The Morgan fingerprint density at radius 2 is 1.93 bits per heavy atom. The number of nitrogens with zero attached hydrogens (tertiary/aromatic N) is 3. The van der Waals surface area contributed by atoms with Crippen molar-refractivity contribution in [1.82, 2.24) is 14.8 Å². The Bertz CT molecular complexity index is 1280. The van der Waals surface area contributed by atoms with E-state index in [0.717, 1.165) is 27.8 Å². The molecule has 1 aliphatic rings. The molecular weight excluding hydrogens is 397 g/mol. The number of rotatable bonds is 2. The van der Waals surface area contributed by atoms with Crippen molar-refractivity contribution in [1.29, 1.82) is 0 Å². The van der Waals surface area contributed by atoms with E-state index in [4.69, 9.17) is 0 Å². The first-order chi connectivity index (χ1) is 14.3. The predicted molar refractivity (Wildman–Crippen MR) is 104 cm³/mol.